The summed E-state index contributed by atoms with van der Waals surface area (Å²) in [6.07, 6.45) is 3.89. The van der Waals surface area contributed by atoms with E-state index >= 15 is 0 Å². The summed E-state index contributed by atoms with van der Waals surface area (Å²) in [7, 11) is 0. The van der Waals surface area contributed by atoms with Crippen molar-refractivity contribution in [2.75, 3.05) is 6.61 Å². The Hall–Kier alpha value is -1.83. The molecule has 0 amide bonds. The predicted octanol–water partition coefficient (Wildman–Crippen LogP) is 3.62. The molecule has 16 heavy (non-hydrogen) atoms. The molecule has 0 aromatic heterocycles. The molecule has 0 aliphatic carbocycles. The van der Waals surface area contributed by atoms with Crippen LogP contribution in [0.3, 0.4) is 0 Å². The molecule has 0 radical (unpaired) electrons. The van der Waals surface area contributed by atoms with E-state index < -0.39 is 0 Å². The van der Waals surface area contributed by atoms with E-state index in [0.29, 0.717) is 6.61 Å². The minimum absolute atomic E-state index is 0.416. The van der Waals surface area contributed by atoms with E-state index in [1.807, 2.05) is 56.3 Å². The second-order valence-corrected chi connectivity index (χ2v) is 3.42. The number of para-hydroxylation sites is 1. The zero-order valence-electron chi connectivity index (χ0n) is 9.81. The number of nitrogens with zero attached hydrogens (tertiary/aromatic N) is 1. The Bertz CT molecular complexity index is 390. The van der Waals surface area contributed by atoms with Crippen LogP contribution < -0.4 is 4.74 Å². The van der Waals surface area contributed by atoms with E-state index in [2.05, 4.69) is 11.6 Å². The van der Waals surface area contributed by atoms with Crippen LogP contribution in [0.2, 0.25) is 0 Å². The second-order valence-electron chi connectivity index (χ2n) is 3.42. The van der Waals surface area contributed by atoms with Crippen LogP contribution in [-0.4, -0.2) is 12.3 Å². The molecule has 0 unspecified atom stereocenters. The summed E-state index contributed by atoms with van der Waals surface area (Å²) in [6, 6.07) is 9.65. The minimum atomic E-state index is 0.416. The number of hydrogen-bond donors (Lipinski definition) is 0. The maximum atomic E-state index is 5.52. The van der Waals surface area contributed by atoms with Crippen molar-refractivity contribution in [1.29, 1.82) is 0 Å². The van der Waals surface area contributed by atoms with E-state index in [4.69, 9.17) is 4.74 Å². The number of aliphatic imine (C=N–C) groups is 1. The molecule has 0 N–H and O–H groups in total. The summed E-state index contributed by atoms with van der Waals surface area (Å²) in [5, 5.41) is 0. The standard InChI is InChI=1S/C14H17NO/c1-4-8-12(2)15-13(3)11-16-14-9-6-5-7-10-14/h4-10H,3,11H2,1-2H3/b8-4-,15-12?. The zero-order valence-corrected chi connectivity index (χ0v) is 9.81. The first kappa shape index (κ1) is 12.2. The first-order valence-electron chi connectivity index (χ1n) is 5.26. The molecule has 2 heteroatoms. The summed E-state index contributed by atoms with van der Waals surface area (Å²) >= 11 is 0. The SMILES string of the molecule is C=C(COc1ccccc1)N=C(C)/C=C\C. The van der Waals surface area contributed by atoms with Crippen LogP contribution in [0.15, 0.2) is 59.8 Å². The van der Waals surface area contributed by atoms with Crippen LogP contribution in [-0.2, 0) is 0 Å². The molecule has 0 saturated carbocycles. The fourth-order valence-electron chi connectivity index (χ4n) is 1.24. The largest absolute Gasteiger partial charge is 0.487 e. The summed E-state index contributed by atoms with van der Waals surface area (Å²) in [5.74, 6) is 0.836. The van der Waals surface area contributed by atoms with Crippen molar-refractivity contribution in [2.24, 2.45) is 4.99 Å². The van der Waals surface area contributed by atoms with Crippen molar-refractivity contribution in [3.63, 3.8) is 0 Å². The lowest BCUT2D eigenvalue weighted by Gasteiger charge is -2.05. The molecular weight excluding hydrogens is 198 g/mol. The molecule has 0 fully saturated rings. The van der Waals surface area contributed by atoms with Crippen LogP contribution in [0.1, 0.15) is 13.8 Å². The van der Waals surface area contributed by atoms with E-state index in [1.165, 1.54) is 0 Å². The average Bonchev–Trinajstić information content (AvgIpc) is 2.28. The van der Waals surface area contributed by atoms with E-state index in [-0.39, 0.29) is 0 Å². The third-order valence-corrected chi connectivity index (χ3v) is 1.89. The maximum absolute atomic E-state index is 5.52. The van der Waals surface area contributed by atoms with Crippen molar-refractivity contribution in [2.45, 2.75) is 13.8 Å². The lowest BCUT2D eigenvalue weighted by atomic mass is 10.3. The molecule has 0 spiro atoms. The number of allylic oxidation sites excluding steroid dienone is 2. The molecular formula is C14H17NO. The molecule has 1 rings (SSSR count). The Morgan fingerprint density at radius 1 is 1.38 bits per heavy atom. The van der Waals surface area contributed by atoms with Gasteiger partial charge in [0.15, 0.2) is 0 Å². The van der Waals surface area contributed by atoms with E-state index in [1.54, 1.807) is 0 Å². The Labute approximate surface area is 97.0 Å². The van der Waals surface area contributed by atoms with Crippen LogP contribution in [0.5, 0.6) is 5.75 Å². The highest BCUT2D eigenvalue weighted by Crippen LogP contribution is 2.09. The Morgan fingerprint density at radius 3 is 2.69 bits per heavy atom. The van der Waals surface area contributed by atoms with Crippen LogP contribution in [0.4, 0.5) is 0 Å². The van der Waals surface area contributed by atoms with Gasteiger partial charge in [0.1, 0.15) is 12.4 Å². The fourth-order valence-corrected chi connectivity index (χ4v) is 1.24. The first-order chi connectivity index (χ1) is 7.72. The quantitative estimate of drug-likeness (QED) is 0.687. The van der Waals surface area contributed by atoms with Crippen molar-refractivity contribution in [1.82, 2.24) is 0 Å². The Morgan fingerprint density at radius 2 is 2.06 bits per heavy atom. The minimum Gasteiger partial charge on any atom is -0.487 e. The van der Waals surface area contributed by atoms with Crippen LogP contribution >= 0.6 is 0 Å². The molecule has 0 heterocycles. The summed E-state index contributed by atoms with van der Waals surface area (Å²) < 4.78 is 5.52. The molecule has 0 aliphatic heterocycles. The molecule has 0 atom stereocenters. The van der Waals surface area contributed by atoms with E-state index in [9.17, 15) is 0 Å². The highest BCUT2D eigenvalue weighted by molar-refractivity contribution is 5.93. The first-order valence-corrected chi connectivity index (χ1v) is 5.26. The monoisotopic (exact) mass is 215 g/mol. The van der Waals surface area contributed by atoms with Gasteiger partial charge in [0, 0.05) is 5.71 Å². The molecule has 0 bridgehead atoms. The van der Waals surface area contributed by atoms with Gasteiger partial charge in [0.2, 0.25) is 0 Å². The Kier molecular flexibility index (Phi) is 5.06. The van der Waals surface area contributed by atoms with Gasteiger partial charge in [-0.15, -0.1) is 0 Å². The normalized spacial score (nSPS) is 11.8. The summed E-state index contributed by atoms with van der Waals surface area (Å²) in [6.45, 7) is 8.16. The maximum Gasteiger partial charge on any atom is 0.130 e. The Balaban J connectivity index is 2.45. The molecule has 1 aromatic rings. The second kappa shape index (κ2) is 6.62. The number of ether oxygens (including phenoxy) is 1. The van der Waals surface area contributed by atoms with Gasteiger partial charge < -0.3 is 4.74 Å². The van der Waals surface area contributed by atoms with Crippen molar-refractivity contribution in [3.8, 4) is 5.75 Å². The smallest absolute Gasteiger partial charge is 0.130 e. The third-order valence-electron chi connectivity index (χ3n) is 1.89. The van der Waals surface area contributed by atoms with Gasteiger partial charge in [-0.05, 0) is 32.1 Å². The summed E-state index contributed by atoms with van der Waals surface area (Å²) in [4.78, 5) is 4.29. The summed E-state index contributed by atoms with van der Waals surface area (Å²) in [5.41, 5.74) is 1.66. The van der Waals surface area contributed by atoms with Crippen molar-refractivity contribution < 1.29 is 4.74 Å². The van der Waals surface area contributed by atoms with Gasteiger partial charge in [-0.3, -0.25) is 4.99 Å². The van der Waals surface area contributed by atoms with Gasteiger partial charge >= 0.3 is 0 Å². The average molecular weight is 215 g/mol. The zero-order chi connectivity index (χ0) is 11.8. The number of rotatable bonds is 5. The number of benzene rings is 1. The van der Waals surface area contributed by atoms with Gasteiger partial charge in [0.05, 0.1) is 5.70 Å². The lowest BCUT2D eigenvalue weighted by molar-refractivity contribution is 0.351. The topological polar surface area (TPSA) is 21.6 Å². The van der Waals surface area contributed by atoms with Crippen LogP contribution in [0.25, 0.3) is 0 Å². The lowest BCUT2D eigenvalue weighted by Crippen LogP contribution is -2.00. The van der Waals surface area contributed by atoms with Gasteiger partial charge in [-0.1, -0.05) is 30.9 Å². The number of hydrogen-bond acceptors (Lipinski definition) is 2. The van der Waals surface area contributed by atoms with Crippen molar-refractivity contribution in [3.05, 3.63) is 54.8 Å². The molecule has 2 nitrogen and oxygen atoms in total. The third kappa shape index (κ3) is 4.60. The predicted molar refractivity (Wildman–Crippen MR) is 69.0 cm³/mol. The van der Waals surface area contributed by atoms with Gasteiger partial charge in [-0.2, -0.15) is 0 Å². The van der Waals surface area contributed by atoms with E-state index in [0.717, 1.165) is 17.2 Å². The van der Waals surface area contributed by atoms with Crippen molar-refractivity contribution >= 4 is 5.71 Å². The van der Waals surface area contributed by atoms with Gasteiger partial charge in [0.25, 0.3) is 0 Å². The highest BCUT2D eigenvalue weighted by atomic mass is 16.5. The van der Waals surface area contributed by atoms with Gasteiger partial charge in [-0.25, -0.2) is 0 Å². The van der Waals surface area contributed by atoms with Crippen LogP contribution in [0, 0.1) is 0 Å². The molecule has 0 saturated heterocycles. The highest BCUT2D eigenvalue weighted by Gasteiger charge is 1.94. The molecule has 1 aromatic carbocycles. The molecule has 84 valence electrons. The fraction of sp³-hybridized carbons (Fsp3) is 0.214. The molecule has 0 aliphatic rings.